The predicted molar refractivity (Wildman–Crippen MR) is 120 cm³/mol. The highest BCUT2D eigenvalue weighted by Gasteiger charge is 1.98. The van der Waals surface area contributed by atoms with Gasteiger partial charge in [-0.15, -0.1) is 0 Å². The molecule has 0 aliphatic rings. The molecule has 0 bridgehead atoms. The maximum atomic E-state index is 4.21. The van der Waals surface area contributed by atoms with E-state index < -0.39 is 0 Å². The van der Waals surface area contributed by atoms with Gasteiger partial charge in [-0.25, -0.2) is 0 Å². The van der Waals surface area contributed by atoms with Gasteiger partial charge in [-0.05, 0) is 42.7 Å². The fourth-order valence-corrected chi connectivity index (χ4v) is 2.37. The third kappa shape index (κ3) is 9.56. The summed E-state index contributed by atoms with van der Waals surface area (Å²) in [5, 5.41) is 8.55. The van der Waals surface area contributed by atoms with E-state index in [0.29, 0.717) is 0 Å². The first-order valence-corrected chi connectivity index (χ1v) is 9.98. The number of H-pyrrole nitrogens is 1. The maximum absolute atomic E-state index is 4.21. The Bertz CT molecular complexity index is 686. The minimum atomic E-state index is 0.964. The first-order chi connectivity index (χ1) is 13.3. The van der Waals surface area contributed by atoms with Gasteiger partial charge in [-0.2, -0.15) is 5.10 Å². The molecule has 0 unspecified atom stereocenters. The van der Waals surface area contributed by atoms with Gasteiger partial charge in [0, 0.05) is 35.3 Å². The number of hydrogen-bond acceptors (Lipinski definition) is 4. The van der Waals surface area contributed by atoms with Gasteiger partial charge < -0.3 is 0 Å². The molecular formula is C22H30N4S. The normalized spacial score (nSPS) is 9.44. The maximum Gasteiger partial charge on any atom is 0.0717 e. The Balaban J connectivity index is 0.000000425. The Morgan fingerprint density at radius 3 is 2.26 bits per heavy atom. The molecule has 3 heterocycles. The molecule has 0 atom stereocenters. The van der Waals surface area contributed by atoms with Crippen molar-refractivity contribution in [1.82, 2.24) is 20.2 Å². The molecule has 0 saturated heterocycles. The van der Waals surface area contributed by atoms with Gasteiger partial charge >= 0.3 is 0 Å². The quantitative estimate of drug-likeness (QED) is 0.536. The molecule has 3 aromatic rings. The average Bonchev–Trinajstić information content (AvgIpc) is 3.31. The number of nitrogens with zero attached hydrogens (tertiary/aromatic N) is 3. The van der Waals surface area contributed by atoms with Crippen molar-refractivity contribution in [2.45, 2.75) is 34.6 Å². The summed E-state index contributed by atoms with van der Waals surface area (Å²) in [5.74, 6) is 0. The second kappa shape index (κ2) is 16.8. The van der Waals surface area contributed by atoms with Crippen LogP contribution in [0.1, 0.15) is 40.3 Å². The monoisotopic (exact) mass is 382 g/mol. The summed E-state index contributed by atoms with van der Waals surface area (Å²) >= 11 is 1.59. The van der Waals surface area contributed by atoms with Crippen LogP contribution in [0.3, 0.4) is 0 Å². The fraction of sp³-hybridized carbons (Fsp3) is 0.227. The molecule has 0 aliphatic carbocycles. The van der Waals surface area contributed by atoms with Gasteiger partial charge in [0.05, 0.1) is 11.4 Å². The third-order valence-electron chi connectivity index (χ3n) is 2.86. The van der Waals surface area contributed by atoms with Gasteiger partial charge in [-0.3, -0.25) is 15.1 Å². The summed E-state index contributed by atoms with van der Waals surface area (Å²) in [5.41, 5.74) is 3.06. The lowest BCUT2D eigenvalue weighted by atomic mass is 10.2. The standard InChI is InChI=1S/C10H8N2.C8H10N2S.2C2H6/c1-2-7-12-10(5-1)9-4-3-6-11-8-9;1-3-8(11-4-2)7-5-6-9-10-7;2*1-2/h1-8H;3-6H,2H2,1H3,(H,9,10);2*1-2H3/b;8-3-;;. The van der Waals surface area contributed by atoms with E-state index in [1.165, 1.54) is 0 Å². The number of rotatable bonds is 4. The average molecular weight is 383 g/mol. The predicted octanol–water partition coefficient (Wildman–Crippen LogP) is 6.84. The Kier molecular flexibility index (Phi) is 15.1. The van der Waals surface area contributed by atoms with Crippen LogP contribution in [0.15, 0.2) is 79.2 Å². The zero-order chi connectivity index (χ0) is 20.3. The van der Waals surface area contributed by atoms with E-state index >= 15 is 0 Å². The van der Waals surface area contributed by atoms with E-state index in [-0.39, 0.29) is 0 Å². The molecule has 0 radical (unpaired) electrons. The van der Waals surface area contributed by atoms with Crippen LogP contribution in [0.25, 0.3) is 16.2 Å². The number of aromatic amines is 1. The summed E-state index contributed by atoms with van der Waals surface area (Å²) in [6.45, 7) is 13.6. The number of aromatic nitrogens is 4. The second-order valence-electron chi connectivity index (χ2n) is 4.36. The first-order valence-electron chi connectivity index (χ1n) is 9.10. The highest BCUT2D eigenvalue weighted by Crippen LogP contribution is 2.25. The molecule has 4 nitrogen and oxygen atoms in total. The van der Waals surface area contributed by atoms with E-state index in [9.17, 15) is 0 Å². The molecule has 0 spiro atoms. The molecule has 0 amide bonds. The minimum absolute atomic E-state index is 0.964. The molecule has 0 fully saturated rings. The molecule has 5 heteroatoms. The molecule has 1 N–H and O–H groups in total. The third-order valence-corrected chi connectivity index (χ3v) is 3.74. The van der Waals surface area contributed by atoms with Crippen LogP contribution in [-0.2, 0) is 0 Å². The van der Waals surface area contributed by atoms with E-state index in [0.717, 1.165) is 21.9 Å². The van der Waals surface area contributed by atoms with Crippen molar-refractivity contribution in [1.29, 1.82) is 0 Å². The lowest BCUT2D eigenvalue weighted by molar-refractivity contribution is 1.08. The number of pyridine rings is 2. The van der Waals surface area contributed by atoms with Crippen LogP contribution in [-0.4, -0.2) is 20.2 Å². The lowest BCUT2D eigenvalue weighted by Gasteiger charge is -1.97. The van der Waals surface area contributed by atoms with Crippen molar-refractivity contribution >= 4 is 16.7 Å². The molecule has 0 aromatic carbocycles. The summed E-state index contributed by atoms with van der Waals surface area (Å²) in [6.07, 6.45) is 9.11. The molecular weight excluding hydrogens is 352 g/mol. The molecule has 3 rings (SSSR count). The van der Waals surface area contributed by atoms with Crippen LogP contribution < -0.4 is 0 Å². The number of allylic oxidation sites excluding steroid dienone is 1. The van der Waals surface area contributed by atoms with Gasteiger partial charge in [0.1, 0.15) is 0 Å². The second-order valence-corrected chi connectivity index (χ2v) is 5.37. The number of hydrogen-bond donors (Lipinski definition) is 1. The van der Waals surface area contributed by atoms with Crippen molar-refractivity contribution in [3.63, 3.8) is 0 Å². The van der Waals surface area contributed by atoms with Crippen molar-refractivity contribution < 1.29 is 0 Å². The first kappa shape index (κ1) is 24.3. The zero-order valence-corrected chi connectivity index (χ0v) is 17.7. The van der Waals surface area contributed by atoms with Crippen LogP contribution in [0.4, 0.5) is 0 Å². The summed E-state index contributed by atoms with van der Waals surface area (Å²) in [6, 6.07) is 11.7. The molecule has 0 aliphatic heterocycles. The molecule has 3 aromatic heterocycles. The van der Waals surface area contributed by atoms with Crippen LogP contribution >= 0.6 is 11.8 Å². The molecule has 144 valence electrons. The summed E-state index contributed by atoms with van der Waals surface area (Å²) in [4.78, 5) is 9.38. The molecule has 0 saturated carbocycles. The highest BCUT2D eigenvalue weighted by molar-refractivity contribution is 8.10. The van der Waals surface area contributed by atoms with Gasteiger partial charge in [-0.1, -0.05) is 58.2 Å². The smallest absolute Gasteiger partial charge is 0.0717 e. The number of nitrogens with one attached hydrogen (secondary N) is 1. The van der Waals surface area contributed by atoms with E-state index in [1.807, 2.05) is 83.3 Å². The SMILES string of the molecule is C=CS/C(=C\C)c1ccn[nH]1.CC.CC.c1ccc(-c2cccnc2)nc1. The van der Waals surface area contributed by atoms with Crippen molar-refractivity contribution in [3.8, 4) is 11.3 Å². The van der Waals surface area contributed by atoms with Crippen molar-refractivity contribution in [3.05, 3.63) is 84.9 Å². The lowest BCUT2D eigenvalue weighted by Crippen LogP contribution is -1.81. The summed E-state index contributed by atoms with van der Waals surface area (Å²) in [7, 11) is 0. The summed E-state index contributed by atoms with van der Waals surface area (Å²) < 4.78 is 0. The number of thioether (sulfide) groups is 1. The minimum Gasteiger partial charge on any atom is -0.277 e. The van der Waals surface area contributed by atoms with Crippen molar-refractivity contribution in [2.75, 3.05) is 0 Å². The molecule has 27 heavy (non-hydrogen) atoms. The van der Waals surface area contributed by atoms with E-state index in [4.69, 9.17) is 0 Å². The van der Waals surface area contributed by atoms with Gasteiger partial charge in [0.25, 0.3) is 0 Å². The van der Waals surface area contributed by atoms with Crippen LogP contribution in [0, 0.1) is 0 Å². The Hall–Kier alpha value is -2.66. The van der Waals surface area contributed by atoms with Crippen LogP contribution in [0.5, 0.6) is 0 Å². The Morgan fingerprint density at radius 1 is 1.00 bits per heavy atom. The van der Waals surface area contributed by atoms with E-state index in [2.05, 4.69) is 26.7 Å². The highest BCUT2D eigenvalue weighted by atomic mass is 32.2. The Morgan fingerprint density at radius 2 is 1.78 bits per heavy atom. The zero-order valence-electron chi connectivity index (χ0n) is 16.9. The Labute approximate surface area is 167 Å². The van der Waals surface area contributed by atoms with Gasteiger partial charge in [0.2, 0.25) is 0 Å². The largest absolute Gasteiger partial charge is 0.277 e. The topological polar surface area (TPSA) is 54.5 Å². The van der Waals surface area contributed by atoms with Gasteiger partial charge in [0.15, 0.2) is 0 Å². The van der Waals surface area contributed by atoms with Crippen LogP contribution in [0.2, 0.25) is 0 Å². The fourth-order valence-electron chi connectivity index (χ4n) is 1.82. The van der Waals surface area contributed by atoms with E-state index in [1.54, 1.807) is 35.8 Å². The van der Waals surface area contributed by atoms with Crippen molar-refractivity contribution in [2.24, 2.45) is 0 Å².